The summed E-state index contributed by atoms with van der Waals surface area (Å²) in [5, 5.41) is 6.04. The number of nitrogens with one attached hydrogen (secondary N) is 2. The van der Waals surface area contributed by atoms with Gasteiger partial charge in [-0.05, 0) is 37.1 Å². The first kappa shape index (κ1) is 23.1. The van der Waals surface area contributed by atoms with Crippen molar-refractivity contribution in [3.05, 3.63) is 48.3 Å². The van der Waals surface area contributed by atoms with E-state index in [1.807, 2.05) is 37.3 Å². The number of ether oxygens (including phenoxy) is 2. The van der Waals surface area contributed by atoms with Gasteiger partial charge in [-0.1, -0.05) is 6.07 Å². The minimum absolute atomic E-state index is 0.145. The van der Waals surface area contributed by atoms with E-state index in [2.05, 4.69) is 25.5 Å². The van der Waals surface area contributed by atoms with Crippen molar-refractivity contribution in [3.63, 3.8) is 0 Å². The van der Waals surface area contributed by atoms with Crippen molar-refractivity contribution in [2.24, 2.45) is 0 Å². The molecule has 35 heavy (non-hydrogen) atoms. The number of hydrogen-bond acceptors (Lipinski definition) is 8. The molecule has 2 amide bonds. The summed E-state index contributed by atoms with van der Waals surface area (Å²) in [5.74, 6) is 1.97. The average Bonchev–Trinajstić information content (AvgIpc) is 3.53. The second kappa shape index (κ2) is 10.7. The van der Waals surface area contributed by atoms with E-state index >= 15 is 0 Å². The SMILES string of the molecule is Cc1ccc(OCCCN2CCOCC2)cc1Nc1ncc(-c2ccnc(N3CCNC3=O)c2)o1. The molecule has 5 rings (SSSR count). The molecule has 0 unspecified atom stereocenters. The minimum Gasteiger partial charge on any atom is -0.493 e. The largest absolute Gasteiger partial charge is 0.493 e. The van der Waals surface area contributed by atoms with Crippen molar-refractivity contribution in [1.82, 2.24) is 20.2 Å². The van der Waals surface area contributed by atoms with Gasteiger partial charge in [-0.15, -0.1) is 0 Å². The molecule has 2 aliphatic heterocycles. The van der Waals surface area contributed by atoms with Gasteiger partial charge < -0.3 is 24.5 Å². The van der Waals surface area contributed by atoms with Gasteiger partial charge in [0.15, 0.2) is 5.76 Å². The summed E-state index contributed by atoms with van der Waals surface area (Å²) in [7, 11) is 0. The zero-order chi connectivity index (χ0) is 24.0. The number of aryl methyl sites for hydroxylation is 1. The van der Waals surface area contributed by atoms with E-state index in [9.17, 15) is 4.79 Å². The van der Waals surface area contributed by atoms with Gasteiger partial charge in [-0.3, -0.25) is 9.80 Å². The van der Waals surface area contributed by atoms with Gasteiger partial charge in [0, 0.05) is 56.2 Å². The van der Waals surface area contributed by atoms with Crippen LogP contribution in [-0.4, -0.2) is 73.4 Å². The second-order valence-electron chi connectivity index (χ2n) is 8.57. The number of hydrogen-bond donors (Lipinski definition) is 2. The number of morpholine rings is 1. The van der Waals surface area contributed by atoms with E-state index in [1.54, 1.807) is 17.3 Å². The average molecular weight is 479 g/mol. The highest BCUT2D eigenvalue weighted by molar-refractivity contribution is 5.93. The lowest BCUT2D eigenvalue weighted by Gasteiger charge is -2.26. The molecule has 3 aromatic rings. The smallest absolute Gasteiger partial charge is 0.323 e. The van der Waals surface area contributed by atoms with E-state index in [1.165, 1.54) is 0 Å². The Kier molecular flexibility index (Phi) is 7.10. The number of carbonyl (C=O) groups excluding carboxylic acids is 1. The minimum atomic E-state index is -0.145. The first-order valence-corrected chi connectivity index (χ1v) is 11.9. The predicted octanol–water partition coefficient (Wildman–Crippen LogP) is 3.42. The van der Waals surface area contributed by atoms with Crippen molar-refractivity contribution >= 4 is 23.6 Å². The van der Waals surface area contributed by atoms with E-state index in [-0.39, 0.29) is 6.03 Å². The standard InChI is InChI=1S/C25H30N6O4/c1-18-3-4-20(34-12-2-8-30-10-13-33-14-11-30)16-21(18)29-24-28-17-22(35-24)19-5-6-26-23(15-19)31-9-7-27-25(31)32/h3-6,15-17H,2,7-14H2,1H3,(H,27,32)(H,28,29). The van der Waals surface area contributed by atoms with E-state index in [4.69, 9.17) is 13.9 Å². The fourth-order valence-corrected chi connectivity index (χ4v) is 4.12. The molecule has 0 saturated carbocycles. The first-order chi connectivity index (χ1) is 17.2. The molecular formula is C25H30N6O4. The first-order valence-electron chi connectivity index (χ1n) is 11.9. The molecule has 2 N–H and O–H groups in total. The van der Waals surface area contributed by atoms with Crippen LogP contribution < -0.4 is 20.3 Å². The quantitative estimate of drug-likeness (QED) is 0.451. The van der Waals surface area contributed by atoms with Crippen LogP contribution in [0, 0.1) is 6.92 Å². The Balaban J connectivity index is 1.20. The molecule has 2 aliphatic rings. The third-order valence-electron chi connectivity index (χ3n) is 6.11. The summed E-state index contributed by atoms with van der Waals surface area (Å²) in [6.45, 7) is 8.49. The summed E-state index contributed by atoms with van der Waals surface area (Å²) >= 11 is 0. The molecule has 0 bridgehead atoms. The number of anilines is 3. The molecule has 184 valence electrons. The Bertz CT molecular complexity index is 1160. The van der Waals surface area contributed by atoms with Crippen LogP contribution in [0.5, 0.6) is 5.75 Å². The zero-order valence-corrected chi connectivity index (χ0v) is 19.8. The number of aromatic nitrogens is 2. The summed E-state index contributed by atoms with van der Waals surface area (Å²) in [6.07, 6.45) is 4.29. The van der Waals surface area contributed by atoms with Gasteiger partial charge >= 0.3 is 6.03 Å². The maximum atomic E-state index is 12.0. The summed E-state index contributed by atoms with van der Waals surface area (Å²) in [4.78, 5) is 24.7. The number of oxazole rings is 1. The number of pyridine rings is 1. The van der Waals surface area contributed by atoms with Crippen molar-refractivity contribution in [2.45, 2.75) is 13.3 Å². The Labute approximate surface area is 204 Å². The van der Waals surface area contributed by atoms with Gasteiger partial charge in [0.05, 0.1) is 26.0 Å². The highest BCUT2D eigenvalue weighted by Crippen LogP contribution is 2.29. The zero-order valence-electron chi connectivity index (χ0n) is 19.8. The lowest BCUT2D eigenvalue weighted by Crippen LogP contribution is -2.37. The van der Waals surface area contributed by atoms with Gasteiger partial charge in [-0.25, -0.2) is 14.8 Å². The van der Waals surface area contributed by atoms with Gasteiger partial charge in [0.1, 0.15) is 11.6 Å². The molecule has 2 fully saturated rings. The van der Waals surface area contributed by atoms with Crippen LogP contribution in [0.1, 0.15) is 12.0 Å². The van der Waals surface area contributed by atoms with Crippen LogP contribution >= 0.6 is 0 Å². The monoisotopic (exact) mass is 478 g/mol. The Morgan fingerprint density at radius 1 is 1.14 bits per heavy atom. The third-order valence-corrected chi connectivity index (χ3v) is 6.11. The van der Waals surface area contributed by atoms with E-state index in [0.29, 0.717) is 37.3 Å². The molecule has 0 radical (unpaired) electrons. The predicted molar refractivity (Wildman–Crippen MR) is 132 cm³/mol. The van der Waals surface area contributed by atoms with Gasteiger partial charge in [0.25, 0.3) is 6.01 Å². The topological polar surface area (TPSA) is 105 Å². The van der Waals surface area contributed by atoms with E-state index < -0.39 is 0 Å². The molecule has 4 heterocycles. The molecule has 2 aromatic heterocycles. The maximum Gasteiger partial charge on any atom is 0.323 e. The molecule has 0 spiro atoms. The third kappa shape index (κ3) is 5.72. The van der Waals surface area contributed by atoms with Crippen LogP contribution in [0.15, 0.2) is 47.1 Å². The number of urea groups is 1. The molecule has 10 nitrogen and oxygen atoms in total. The fourth-order valence-electron chi connectivity index (χ4n) is 4.12. The Morgan fingerprint density at radius 3 is 2.86 bits per heavy atom. The summed E-state index contributed by atoms with van der Waals surface area (Å²) in [5.41, 5.74) is 2.72. The number of nitrogens with zero attached hydrogens (tertiary/aromatic N) is 4. The summed E-state index contributed by atoms with van der Waals surface area (Å²) in [6, 6.07) is 9.84. The van der Waals surface area contributed by atoms with Crippen LogP contribution in [-0.2, 0) is 4.74 Å². The van der Waals surface area contributed by atoms with Crippen LogP contribution in [0.2, 0.25) is 0 Å². The molecule has 0 atom stereocenters. The van der Waals surface area contributed by atoms with E-state index in [0.717, 1.165) is 61.8 Å². The molecule has 1 aromatic carbocycles. The molecule has 10 heteroatoms. The molecular weight excluding hydrogens is 448 g/mol. The number of rotatable bonds is 9. The summed E-state index contributed by atoms with van der Waals surface area (Å²) < 4.78 is 17.3. The number of carbonyl (C=O) groups is 1. The van der Waals surface area contributed by atoms with Crippen LogP contribution in [0.3, 0.4) is 0 Å². The second-order valence-corrected chi connectivity index (χ2v) is 8.57. The molecule has 0 aliphatic carbocycles. The van der Waals surface area contributed by atoms with Crippen molar-refractivity contribution < 1.29 is 18.7 Å². The maximum absolute atomic E-state index is 12.0. The number of amides is 2. The van der Waals surface area contributed by atoms with Gasteiger partial charge in [0.2, 0.25) is 0 Å². The fraction of sp³-hybridized carbons (Fsp3) is 0.400. The van der Waals surface area contributed by atoms with Crippen molar-refractivity contribution in [3.8, 4) is 17.1 Å². The van der Waals surface area contributed by atoms with Crippen molar-refractivity contribution in [2.75, 3.05) is 62.8 Å². The van der Waals surface area contributed by atoms with Crippen LogP contribution in [0.25, 0.3) is 11.3 Å². The highest BCUT2D eigenvalue weighted by atomic mass is 16.5. The van der Waals surface area contributed by atoms with Gasteiger partial charge in [-0.2, -0.15) is 0 Å². The highest BCUT2D eigenvalue weighted by Gasteiger charge is 2.23. The lowest BCUT2D eigenvalue weighted by molar-refractivity contribution is 0.0358. The van der Waals surface area contributed by atoms with Crippen LogP contribution in [0.4, 0.5) is 22.3 Å². The van der Waals surface area contributed by atoms with Crippen molar-refractivity contribution in [1.29, 1.82) is 0 Å². The normalized spacial score (nSPS) is 16.4. The molecule has 2 saturated heterocycles. The Morgan fingerprint density at radius 2 is 2.03 bits per heavy atom. The number of benzene rings is 1. The lowest BCUT2D eigenvalue weighted by atomic mass is 10.2. The Hall–Kier alpha value is -3.63.